The highest BCUT2D eigenvalue weighted by atomic mass is 33.1. The number of aliphatic hydroxyl groups excluding tert-OH is 9. The number of carbonyl (C=O) groups excluding carboxylic acids is 9. The number of ketones is 3. The highest BCUT2D eigenvalue weighted by Gasteiger charge is 2.46. The number of nitrogens with zero attached hydrogens (tertiary/aromatic N) is 1. The average molecular weight is 1820 g/mol. The summed E-state index contributed by atoms with van der Waals surface area (Å²) in [7, 11) is 6.37. The maximum atomic E-state index is 14.3. The van der Waals surface area contributed by atoms with Crippen molar-refractivity contribution in [3.8, 4) is 0 Å². The first-order chi connectivity index (χ1) is 59.5. The quantitative estimate of drug-likeness (QED) is 0.00998. The minimum atomic E-state index is -1.23. The molecular formula is C87H154N4O31S2. The number of likely N-dealkylation sites (tertiary alicyclic amines) is 1. The van der Waals surface area contributed by atoms with Crippen LogP contribution in [0.15, 0.2) is 0 Å². The highest BCUT2D eigenvalue weighted by Crippen LogP contribution is 2.41. The van der Waals surface area contributed by atoms with Gasteiger partial charge < -0.3 is 128 Å². The van der Waals surface area contributed by atoms with Crippen molar-refractivity contribution in [2.24, 2.45) is 23.2 Å². The number of rotatable bonds is 72. The maximum Gasteiger partial charge on any atom is 0.409 e. The number of nitrogens with one attached hydrogen (secondary N) is 3. The summed E-state index contributed by atoms with van der Waals surface area (Å²) in [5.74, 6) is -2.23. The first kappa shape index (κ1) is 112. The van der Waals surface area contributed by atoms with Gasteiger partial charge in [-0.15, -0.1) is 0 Å². The Morgan fingerprint density at radius 2 is 0.863 bits per heavy atom. The predicted octanol–water partition coefficient (Wildman–Crippen LogP) is 6.63. The zero-order chi connectivity index (χ0) is 91.1. The molecule has 4 aliphatic heterocycles. The summed E-state index contributed by atoms with van der Waals surface area (Å²) in [4.78, 5) is 119. The zero-order valence-electron chi connectivity index (χ0n) is 74.9. The van der Waals surface area contributed by atoms with Gasteiger partial charge in [0, 0.05) is 145 Å². The van der Waals surface area contributed by atoms with Crippen LogP contribution in [0.2, 0.25) is 0 Å². The first-order valence-electron chi connectivity index (χ1n) is 45.3. The summed E-state index contributed by atoms with van der Waals surface area (Å²) in [5.41, 5.74) is -1.10. The number of alkyl carbamates (subject to hydrolysis) is 1. The predicted molar refractivity (Wildman–Crippen MR) is 459 cm³/mol. The number of amides is 4. The van der Waals surface area contributed by atoms with Crippen LogP contribution in [0.4, 0.5) is 4.79 Å². The van der Waals surface area contributed by atoms with Gasteiger partial charge in [-0.2, -0.15) is 0 Å². The molecule has 0 aromatic rings. The molecule has 0 aromatic heterocycles. The Balaban J connectivity index is 1.28. The lowest BCUT2D eigenvalue weighted by Crippen LogP contribution is -2.55. The number of hydrogen-bond donors (Lipinski definition) is 12. The third-order valence-corrected chi connectivity index (χ3v) is 26.4. The van der Waals surface area contributed by atoms with Crippen LogP contribution >= 0.6 is 21.6 Å². The summed E-state index contributed by atoms with van der Waals surface area (Å²) in [5, 5.41) is 98.2. The van der Waals surface area contributed by atoms with Gasteiger partial charge >= 0.3 is 18.0 Å². The van der Waals surface area contributed by atoms with Crippen LogP contribution in [0.25, 0.3) is 0 Å². The third kappa shape index (κ3) is 45.9. The van der Waals surface area contributed by atoms with Gasteiger partial charge in [-0.3, -0.25) is 38.4 Å². The molecule has 4 amide bonds. The average Bonchev–Trinajstić information content (AvgIpc) is 1.17. The number of aliphatic hydroxyl groups is 9. The number of carbonyl (C=O) groups is 9. The second-order valence-corrected chi connectivity index (χ2v) is 37.3. The molecule has 16 unspecified atom stereocenters. The summed E-state index contributed by atoms with van der Waals surface area (Å²) in [6.07, 6.45) is 4.70. The molecule has 18 atom stereocenters. The van der Waals surface area contributed by atoms with E-state index in [1.54, 1.807) is 45.8 Å². The van der Waals surface area contributed by atoms with Gasteiger partial charge in [0.15, 0.2) is 32.5 Å². The SMILES string of the molecule is COC[C@H]1C[C@H](OC)CN1C(=O)CCCCC(=O)CCC(C)(C)SSCCC(=O)CC(CCCOC(=O)CCCCCCCNC(=O)CCCOC1OC(CO)C(O)C(O)C1C)(COCOC(=O)CCCCCCCNC(=O)CCCOC1OC(CO)C(O)C(O)C1C)COCOC(=O)NCCCCCCCC(=O)CCCOC1OC(CO)C(O)C(O)C1C. The second-order valence-electron chi connectivity index (χ2n) is 34.2. The van der Waals surface area contributed by atoms with E-state index in [2.05, 4.69) is 29.8 Å². The number of Topliss-reactive ketones (excluding diaryl/α,β-unsaturated/α-hetero) is 3. The van der Waals surface area contributed by atoms with E-state index < -0.39 is 148 Å². The van der Waals surface area contributed by atoms with E-state index in [9.17, 15) is 89.1 Å². The van der Waals surface area contributed by atoms with Crippen LogP contribution in [0.1, 0.15) is 259 Å². The fraction of sp³-hybridized carbons (Fsp3) is 0.897. The van der Waals surface area contributed by atoms with E-state index in [0.29, 0.717) is 135 Å². The molecule has 4 saturated heterocycles. The highest BCUT2D eigenvalue weighted by molar-refractivity contribution is 8.77. The molecule has 4 heterocycles. The minimum Gasteiger partial charge on any atom is -0.466 e. The Morgan fingerprint density at radius 1 is 0.444 bits per heavy atom. The minimum absolute atomic E-state index is 0.00353. The number of unbranched alkanes of at least 4 members (excludes halogenated alkanes) is 13. The van der Waals surface area contributed by atoms with Crippen LogP contribution in [-0.4, -0.2) is 320 Å². The summed E-state index contributed by atoms with van der Waals surface area (Å²) < 4.78 is 73.3. The van der Waals surface area contributed by atoms with Crippen LogP contribution in [0, 0.1) is 23.2 Å². The van der Waals surface area contributed by atoms with E-state index in [1.807, 2.05) is 4.90 Å². The molecule has 0 aliphatic carbocycles. The van der Waals surface area contributed by atoms with Crippen LogP contribution in [0.3, 0.4) is 0 Å². The largest absolute Gasteiger partial charge is 0.466 e. The normalized spacial score (nSPS) is 25.2. The maximum absolute atomic E-state index is 14.3. The smallest absolute Gasteiger partial charge is 0.409 e. The molecule has 4 fully saturated rings. The molecule has 0 saturated carbocycles. The molecule has 4 rings (SSSR count). The van der Waals surface area contributed by atoms with Crippen LogP contribution < -0.4 is 16.0 Å². The van der Waals surface area contributed by atoms with Crippen LogP contribution in [-0.2, 0) is 99.9 Å². The van der Waals surface area contributed by atoms with Gasteiger partial charge in [0.25, 0.3) is 0 Å². The number of esters is 2. The van der Waals surface area contributed by atoms with E-state index in [0.717, 1.165) is 77.0 Å². The summed E-state index contributed by atoms with van der Waals surface area (Å²) in [6.45, 7) is 9.28. The molecule has 4 aliphatic rings. The standard InChI is InChI=1S/C87H154N4O31S2/c1-60-76(103)79(106)68(52-92)120-82(60)115-44-25-31-64(95)29-17-11-8-16-24-43-90-85(109)119-59-113-57-87(50-66(97)38-48-123-124-86(4,5)40-37-65(96)30-20-21-34-73(100)91-51-67(111-7)49-63(91)55-110-6,39-28-47-114-74(101)35-18-12-9-14-22-41-88-71(98)32-26-45-116-83-61(2)77(104)80(107)69(53-93)121-83)56-112-58-118-75(102)36-19-13-10-15-23-42-89-72(99)33-27-46-117-84-62(3)78(105)81(108)70(54-94)122-84/h60-63,67-70,76-84,92-94,103-108H,8-59H2,1-7H3,(H,88,98)(H,89,99)(H,90,109)/t60?,61?,62?,63-,67+,68?,69?,70?,76?,77?,78?,79?,80?,81?,82?,83?,84?,87?/m1/s1. The van der Waals surface area contributed by atoms with Crippen molar-refractivity contribution in [3.05, 3.63) is 0 Å². The third-order valence-electron chi connectivity index (χ3n) is 23.1. The number of methoxy groups -OCH3 is 2. The Kier molecular flexibility index (Phi) is 58.8. The van der Waals surface area contributed by atoms with Gasteiger partial charge in [-0.05, 0) is 110 Å². The molecular weight excluding hydrogens is 1660 g/mol. The Labute approximate surface area is 741 Å². The first-order valence-corrected chi connectivity index (χ1v) is 47.6. The van der Waals surface area contributed by atoms with Crippen molar-refractivity contribution < 1.29 is 151 Å². The van der Waals surface area contributed by atoms with Gasteiger partial charge in [-0.25, -0.2) is 4.79 Å². The van der Waals surface area contributed by atoms with Crippen molar-refractivity contribution in [3.63, 3.8) is 0 Å². The van der Waals surface area contributed by atoms with E-state index in [-0.39, 0.29) is 143 Å². The lowest BCUT2D eigenvalue weighted by molar-refractivity contribution is -0.282. The molecule has 124 heavy (non-hydrogen) atoms. The molecule has 720 valence electrons. The molecule has 35 nitrogen and oxygen atoms in total. The second kappa shape index (κ2) is 65.2. The number of hydrogen-bond acceptors (Lipinski definition) is 33. The van der Waals surface area contributed by atoms with Gasteiger partial charge in [0.1, 0.15) is 54.0 Å². The summed E-state index contributed by atoms with van der Waals surface area (Å²) >= 11 is 0. The Morgan fingerprint density at radius 3 is 1.35 bits per heavy atom. The topological polar surface area (TPSA) is 495 Å². The lowest BCUT2D eigenvalue weighted by atomic mass is 9.79. The van der Waals surface area contributed by atoms with Crippen molar-refractivity contribution in [1.29, 1.82) is 0 Å². The van der Waals surface area contributed by atoms with Crippen molar-refractivity contribution in [2.45, 2.75) is 350 Å². The van der Waals surface area contributed by atoms with Crippen LogP contribution in [0.5, 0.6) is 0 Å². The molecule has 0 radical (unpaired) electrons. The lowest BCUT2D eigenvalue weighted by Gasteiger charge is -2.40. The number of ether oxygens (including phenoxy) is 13. The fourth-order valence-electron chi connectivity index (χ4n) is 15.2. The summed E-state index contributed by atoms with van der Waals surface area (Å²) in [6, 6.07) is -0.0350. The van der Waals surface area contributed by atoms with E-state index >= 15 is 0 Å². The Hall–Kier alpha value is -4.43. The van der Waals surface area contributed by atoms with Crippen molar-refractivity contribution >= 4 is 74.7 Å². The monoisotopic (exact) mass is 1820 g/mol. The molecule has 12 N–H and O–H groups in total. The van der Waals surface area contributed by atoms with E-state index in [1.165, 1.54) is 10.8 Å². The fourth-order valence-corrected chi connectivity index (χ4v) is 17.8. The molecule has 0 bridgehead atoms. The van der Waals surface area contributed by atoms with Gasteiger partial charge in [0.2, 0.25) is 17.7 Å². The van der Waals surface area contributed by atoms with Gasteiger partial charge in [0.05, 0.1) is 96.5 Å². The van der Waals surface area contributed by atoms with Crippen molar-refractivity contribution in [1.82, 2.24) is 20.9 Å². The molecule has 0 spiro atoms. The molecule has 37 heteroatoms. The van der Waals surface area contributed by atoms with Gasteiger partial charge in [-0.1, -0.05) is 100 Å². The zero-order valence-corrected chi connectivity index (χ0v) is 76.5. The molecule has 0 aromatic carbocycles. The Bertz CT molecular complexity index is 2750. The van der Waals surface area contributed by atoms with E-state index in [4.69, 9.17) is 61.6 Å². The van der Waals surface area contributed by atoms with Crippen molar-refractivity contribution in [2.75, 3.05) is 126 Å².